The highest BCUT2D eigenvalue weighted by molar-refractivity contribution is 5.73. The van der Waals surface area contributed by atoms with Gasteiger partial charge < -0.3 is 35.1 Å². The number of aliphatic imine (C=N–C) groups is 1. The summed E-state index contributed by atoms with van der Waals surface area (Å²) in [5.74, 6) is -3.78. The van der Waals surface area contributed by atoms with Gasteiger partial charge in [0.25, 0.3) is 0 Å². The van der Waals surface area contributed by atoms with Gasteiger partial charge in [-0.1, -0.05) is 0 Å². The predicted molar refractivity (Wildman–Crippen MR) is 47.3 cm³/mol. The molecule has 4 N–H and O–H groups in total. The van der Waals surface area contributed by atoms with E-state index in [1.54, 1.807) is 0 Å². The Hall–Kier alpha value is -1.06. The van der Waals surface area contributed by atoms with E-state index in [9.17, 15) is 25.2 Å². The van der Waals surface area contributed by atoms with E-state index in [-0.39, 0.29) is 0 Å². The molecule has 0 spiro atoms. The van der Waals surface area contributed by atoms with Gasteiger partial charge in [0.1, 0.15) is 18.3 Å². The van der Waals surface area contributed by atoms with E-state index >= 15 is 0 Å². The molecule has 92 valence electrons. The summed E-state index contributed by atoms with van der Waals surface area (Å²) in [5, 5.41) is 47.4. The smallest absolute Gasteiger partial charge is 0.232 e. The summed E-state index contributed by atoms with van der Waals surface area (Å²) in [6, 6.07) is 0. The van der Waals surface area contributed by atoms with Crippen LogP contribution >= 0.6 is 0 Å². The Morgan fingerprint density at radius 1 is 1.56 bits per heavy atom. The van der Waals surface area contributed by atoms with Crippen LogP contribution in [0.2, 0.25) is 0 Å². The van der Waals surface area contributed by atoms with Crippen molar-refractivity contribution in [1.29, 1.82) is 0 Å². The van der Waals surface area contributed by atoms with Crippen LogP contribution < -0.4 is 5.11 Å². The first-order valence-corrected chi connectivity index (χ1v) is 4.48. The van der Waals surface area contributed by atoms with Gasteiger partial charge >= 0.3 is 0 Å². The molecule has 8 heteroatoms. The van der Waals surface area contributed by atoms with Crippen LogP contribution in [-0.2, 0) is 9.53 Å². The molecule has 0 aromatic rings. The Balaban J connectivity index is 2.69. The average molecular weight is 234 g/mol. The first-order chi connectivity index (χ1) is 7.37. The number of ether oxygens (including phenoxy) is 1. The van der Waals surface area contributed by atoms with Crippen molar-refractivity contribution >= 4 is 12.2 Å². The third kappa shape index (κ3) is 2.74. The minimum atomic E-state index is -2.31. The van der Waals surface area contributed by atoms with Crippen LogP contribution in [0.25, 0.3) is 0 Å². The molecule has 0 saturated carbocycles. The number of carboxylic acid groups (broad SMARTS) is 1. The monoisotopic (exact) mass is 234 g/mol. The average Bonchev–Trinajstić information content (AvgIpc) is 2.21. The maximum absolute atomic E-state index is 10.0. The highest BCUT2D eigenvalue weighted by atomic mass is 16.6. The molecule has 1 saturated heterocycles. The zero-order chi connectivity index (χ0) is 12.3. The van der Waals surface area contributed by atoms with Crippen molar-refractivity contribution in [1.82, 2.24) is 0 Å². The van der Waals surface area contributed by atoms with Crippen molar-refractivity contribution in [2.45, 2.75) is 24.1 Å². The molecule has 16 heavy (non-hydrogen) atoms. The van der Waals surface area contributed by atoms with Crippen LogP contribution in [0.1, 0.15) is 0 Å². The molecule has 1 fully saturated rings. The van der Waals surface area contributed by atoms with Gasteiger partial charge in [-0.3, -0.25) is 4.99 Å². The molecule has 0 aliphatic carbocycles. The number of aliphatic hydroxyl groups is 4. The normalized spacial score (nSPS) is 40.1. The summed E-state index contributed by atoms with van der Waals surface area (Å²) < 4.78 is 4.68. The maximum Gasteiger partial charge on any atom is 0.232 e. The Morgan fingerprint density at radius 2 is 2.19 bits per heavy atom. The molecule has 0 aromatic carbocycles. The lowest BCUT2D eigenvalue weighted by molar-refractivity contribution is -0.303. The molecule has 1 aliphatic heterocycles. The van der Waals surface area contributed by atoms with E-state index in [2.05, 4.69) is 9.73 Å². The number of carbonyl (C=O) groups is 1. The van der Waals surface area contributed by atoms with Gasteiger partial charge in [-0.15, -0.1) is 0 Å². The Bertz CT molecular complexity index is 294. The number of aliphatic hydroxyl groups excluding tert-OH is 3. The van der Waals surface area contributed by atoms with Gasteiger partial charge in [-0.2, -0.15) is 0 Å². The molecule has 0 aromatic heterocycles. The largest absolute Gasteiger partial charge is 0.548 e. The number of hydrogen-bond donors (Lipinski definition) is 4. The number of aliphatic carboxylic acids is 1. The zero-order valence-corrected chi connectivity index (χ0v) is 8.18. The molecular weight excluding hydrogens is 222 g/mol. The van der Waals surface area contributed by atoms with Crippen LogP contribution in [0.15, 0.2) is 4.99 Å². The van der Waals surface area contributed by atoms with Gasteiger partial charge in [0.15, 0.2) is 0 Å². The minimum absolute atomic E-state index is 0.411. The lowest BCUT2D eigenvalue weighted by Crippen LogP contribution is -2.61. The van der Waals surface area contributed by atoms with Gasteiger partial charge in [-0.05, 0) is 0 Å². The van der Waals surface area contributed by atoms with Crippen molar-refractivity contribution in [2.75, 3.05) is 13.2 Å². The number of carboxylic acids is 1. The second-order valence-corrected chi connectivity index (χ2v) is 3.41. The standard InChI is InChI=1S/C8H13NO7/c10-4-2-16-8(15,7(14)6(4)13)3-9-1-5(11)12/h3-4,6-7,10,13-15H,1-2H2,(H,11,12)/p-1/t4-,6-,7+,8-/m1/s1. The van der Waals surface area contributed by atoms with Crippen molar-refractivity contribution in [2.24, 2.45) is 4.99 Å². The first kappa shape index (κ1) is 13.0. The molecule has 0 bridgehead atoms. The third-order valence-electron chi connectivity index (χ3n) is 2.12. The fourth-order valence-corrected chi connectivity index (χ4v) is 1.22. The molecule has 0 radical (unpaired) electrons. The number of carbonyl (C=O) groups excluding carboxylic acids is 1. The second-order valence-electron chi connectivity index (χ2n) is 3.41. The molecule has 4 atom stereocenters. The van der Waals surface area contributed by atoms with Crippen LogP contribution in [0.5, 0.6) is 0 Å². The lowest BCUT2D eigenvalue weighted by atomic mass is 9.98. The Morgan fingerprint density at radius 3 is 2.75 bits per heavy atom. The molecule has 8 nitrogen and oxygen atoms in total. The summed E-state index contributed by atoms with van der Waals surface area (Å²) >= 11 is 0. The van der Waals surface area contributed by atoms with E-state index in [1.165, 1.54) is 0 Å². The van der Waals surface area contributed by atoms with Crippen LogP contribution in [0.4, 0.5) is 0 Å². The van der Waals surface area contributed by atoms with E-state index in [0.29, 0.717) is 6.21 Å². The summed E-state index contributed by atoms with van der Waals surface area (Å²) in [6.07, 6.45) is -4.09. The van der Waals surface area contributed by atoms with Crippen LogP contribution in [-0.4, -0.2) is 69.9 Å². The molecule has 1 rings (SSSR count). The SMILES string of the molecule is O=C([O-])CN=C[C@@]1(O)OC[C@@H](O)[C@@H](O)[C@@H]1O. The molecule has 1 heterocycles. The third-order valence-corrected chi connectivity index (χ3v) is 2.12. The van der Waals surface area contributed by atoms with Gasteiger partial charge in [0.05, 0.1) is 25.3 Å². The topological polar surface area (TPSA) is 143 Å². The zero-order valence-electron chi connectivity index (χ0n) is 8.18. The predicted octanol–water partition coefficient (Wildman–Crippen LogP) is -4.39. The fraction of sp³-hybridized carbons (Fsp3) is 0.750. The minimum Gasteiger partial charge on any atom is -0.548 e. The van der Waals surface area contributed by atoms with Gasteiger partial charge in [0, 0.05) is 0 Å². The molecule has 0 amide bonds. The van der Waals surface area contributed by atoms with Crippen molar-refractivity contribution < 1.29 is 35.1 Å². The molecule has 1 aliphatic rings. The van der Waals surface area contributed by atoms with Crippen LogP contribution in [0, 0.1) is 0 Å². The highest BCUT2D eigenvalue weighted by Crippen LogP contribution is 2.22. The van der Waals surface area contributed by atoms with Crippen molar-refractivity contribution in [3.63, 3.8) is 0 Å². The fourth-order valence-electron chi connectivity index (χ4n) is 1.22. The van der Waals surface area contributed by atoms with Crippen molar-refractivity contribution in [3.05, 3.63) is 0 Å². The quantitative estimate of drug-likeness (QED) is 0.361. The Kier molecular flexibility index (Phi) is 3.94. The highest BCUT2D eigenvalue weighted by Gasteiger charge is 2.47. The van der Waals surface area contributed by atoms with E-state index in [1.807, 2.05) is 0 Å². The number of rotatable bonds is 3. The molecule has 0 unspecified atom stereocenters. The second kappa shape index (κ2) is 4.85. The van der Waals surface area contributed by atoms with Crippen LogP contribution in [0.3, 0.4) is 0 Å². The summed E-state index contributed by atoms with van der Waals surface area (Å²) in [5.41, 5.74) is 0. The van der Waals surface area contributed by atoms with Gasteiger partial charge in [0.2, 0.25) is 5.79 Å². The van der Waals surface area contributed by atoms with E-state index < -0.39 is 43.2 Å². The number of hydrogen-bond acceptors (Lipinski definition) is 8. The van der Waals surface area contributed by atoms with E-state index in [0.717, 1.165) is 0 Å². The summed E-state index contributed by atoms with van der Waals surface area (Å²) in [6.45, 7) is -1.12. The van der Waals surface area contributed by atoms with Crippen molar-refractivity contribution in [3.8, 4) is 0 Å². The summed E-state index contributed by atoms with van der Waals surface area (Å²) in [7, 11) is 0. The first-order valence-electron chi connectivity index (χ1n) is 4.48. The lowest BCUT2D eigenvalue weighted by Gasteiger charge is -2.39. The number of nitrogens with zero attached hydrogens (tertiary/aromatic N) is 1. The summed E-state index contributed by atoms with van der Waals surface area (Å²) in [4.78, 5) is 13.3. The maximum atomic E-state index is 10.0. The Labute approximate surface area is 90.4 Å². The van der Waals surface area contributed by atoms with Gasteiger partial charge in [-0.25, -0.2) is 0 Å². The van der Waals surface area contributed by atoms with E-state index in [4.69, 9.17) is 5.11 Å². The molecular formula is C8H12NO7-.